The summed E-state index contributed by atoms with van der Waals surface area (Å²) in [5.74, 6) is -2.39. The molecule has 9 heteroatoms. The molecule has 0 bridgehead atoms. The third kappa shape index (κ3) is 10.8. The van der Waals surface area contributed by atoms with E-state index in [1.54, 1.807) is 21.0 Å². The Labute approximate surface area is 236 Å². The van der Waals surface area contributed by atoms with Gasteiger partial charge in [-0.2, -0.15) is 0 Å². The van der Waals surface area contributed by atoms with Crippen LogP contribution in [0.1, 0.15) is 87.0 Å². The van der Waals surface area contributed by atoms with E-state index in [0.717, 1.165) is 0 Å². The first-order valence-corrected chi connectivity index (χ1v) is 14.7. The van der Waals surface area contributed by atoms with Crippen LogP contribution in [-0.4, -0.2) is 92.1 Å². The van der Waals surface area contributed by atoms with Gasteiger partial charge in [-0.15, -0.1) is 0 Å². The van der Waals surface area contributed by atoms with Crippen molar-refractivity contribution in [2.75, 3.05) is 27.8 Å². The van der Waals surface area contributed by atoms with Gasteiger partial charge in [-0.1, -0.05) is 34.6 Å². The number of carbonyl (C=O) groups is 3. The largest absolute Gasteiger partial charge is 0.462 e. The highest BCUT2D eigenvalue weighted by Gasteiger charge is 2.41. The Kier molecular flexibility index (Phi) is 15.9. The SMILES string of the molecule is CC[C@H](CC[C@@H](C)C(=O)[C@H](C)CCOC)OC(=O)[C@H](C)C(=O)[C@H](C)[C@H](CC)O[C@@H]1O[C@H](C)C[C@H](N(C)C)[C@H]1O. The highest BCUT2D eigenvalue weighted by molar-refractivity contribution is 5.99. The zero-order chi connectivity index (χ0) is 29.9. The number of hydrogen-bond donors (Lipinski definition) is 1. The van der Waals surface area contributed by atoms with E-state index < -0.39 is 36.3 Å². The summed E-state index contributed by atoms with van der Waals surface area (Å²) in [5, 5.41) is 10.8. The first-order valence-electron chi connectivity index (χ1n) is 14.7. The molecule has 39 heavy (non-hydrogen) atoms. The molecule has 0 unspecified atom stereocenters. The molecule has 0 aliphatic carbocycles. The maximum Gasteiger partial charge on any atom is 0.316 e. The third-order valence-corrected chi connectivity index (χ3v) is 8.16. The Morgan fingerprint density at radius 3 is 2.13 bits per heavy atom. The van der Waals surface area contributed by atoms with E-state index in [-0.39, 0.29) is 41.7 Å². The van der Waals surface area contributed by atoms with E-state index in [4.69, 9.17) is 18.9 Å². The van der Waals surface area contributed by atoms with Crippen molar-refractivity contribution in [3.05, 3.63) is 0 Å². The van der Waals surface area contributed by atoms with Crippen LogP contribution in [0.4, 0.5) is 0 Å². The predicted octanol–water partition coefficient (Wildman–Crippen LogP) is 4.03. The summed E-state index contributed by atoms with van der Waals surface area (Å²) < 4.78 is 22.8. The Bertz CT molecular complexity index is 759. The Balaban J connectivity index is 2.71. The lowest BCUT2D eigenvalue weighted by atomic mass is 9.88. The maximum atomic E-state index is 13.3. The molecule has 10 atom stereocenters. The molecule has 228 valence electrons. The molecule has 1 N–H and O–H groups in total. The summed E-state index contributed by atoms with van der Waals surface area (Å²) in [5.41, 5.74) is 0. The van der Waals surface area contributed by atoms with Crippen LogP contribution < -0.4 is 0 Å². The molecule has 0 spiro atoms. The zero-order valence-corrected chi connectivity index (χ0v) is 26.0. The van der Waals surface area contributed by atoms with Crippen LogP contribution in [0.5, 0.6) is 0 Å². The zero-order valence-electron chi connectivity index (χ0n) is 26.0. The van der Waals surface area contributed by atoms with E-state index in [1.807, 2.05) is 53.6 Å². The lowest BCUT2D eigenvalue weighted by molar-refractivity contribution is -0.272. The predicted molar refractivity (Wildman–Crippen MR) is 150 cm³/mol. The Hall–Kier alpha value is -1.39. The van der Waals surface area contributed by atoms with Crippen molar-refractivity contribution in [3.63, 3.8) is 0 Å². The van der Waals surface area contributed by atoms with E-state index in [9.17, 15) is 19.5 Å². The van der Waals surface area contributed by atoms with Crippen molar-refractivity contribution in [2.24, 2.45) is 23.7 Å². The summed E-state index contributed by atoms with van der Waals surface area (Å²) >= 11 is 0. The van der Waals surface area contributed by atoms with E-state index in [0.29, 0.717) is 45.1 Å². The van der Waals surface area contributed by atoms with E-state index in [2.05, 4.69) is 0 Å². The summed E-state index contributed by atoms with van der Waals surface area (Å²) in [6, 6.07) is -0.117. The molecule has 0 aromatic heterocycles. The number of ketones is 2. The van der Waals surface area contributed by atoms with Gasteiger partial charge in [0.25, 0.3) is 0 Å². The van der Waals surface area contributed by atoms with Crippen molar-refractivity contribution in [1.82, 2.24) is 4.90 Å². The number of hydrogen-bond acceptors (Lipinski definition) is 9. The number of likely N-dealkylation sites (N-methyl/N-ethyl adjacent to an activating group) is 1. The molecule has 1 saturated heterocycles. The number of aliphatic hydroxyl groups is 1. The first-order chi connectivity index (χ1) is 18.3. The number of aliphatic hydroxyl groups excluding tert-OH is 1. The van der Waals surface area contributed by atoms with Gasteiger partial charge in [0.05, 0.1) is 12.2 Å². The first kappa shape index (κ1) is 35.6. The molecule has 0 radical (unpaired) electrons. The molecule has 9 nitrogen and oxygen atoms in total. The van der Waals surface area contributed by atoms with Crippen molar-refractivity contribution in [1.29, 1.82) is 0 Å². The van der Waals surface area contributed by atoms with Crippen molar-refractivity contribution >= 4 is 17.5 Å². The second-order valence-corrected chi connectivity index (χ2v) is 11.6. The average molecular weight is 558 g/mol. The van der Waals surface area contributed by atoms with Gasteiger partial charge in [0.1, 0.15) is 23.9 Å². The summed E-state index contributed by atoms with van der Waals surface area (Å²) in [6.07, 6.45) is 0.991. The normalized spacial score (nSPS) is 26.4. The minimum Gasteiger partial charge on any atom is -0.462 e. The van der Waals surface area contributed by atoms with Crippen LogP contribution in [-0.2, 0) is 33.3 Å². The van der Waals surface area contributed by atoms with E-state index >= 15 is 0 Å². The standard InChI is InChI=1S/C30H55NO8/c1-11-23(14-13-18(3)26(32)19(4)15-16-36-10)38-29(35)22(7)27(33)21(6)25(12-2)39-30-28(34)24(31(8)9)17-20(5)37-30/h18-25,28,30,34H,11-17H2,1-10H3/t18-,19-,20-,21-,22-,23-,24+,25+,28-,30+/m1/s1. The highest BCUT2D eigenvalue weighted by atomic mass is 16.7. The number of nitrogens with zero attached hydrogens (tertiary/aromatic N) is 1. The number of esters is 1. The van der Waals surface area contributed by atoms with Gasteiger partial charge in [0, 0.05) is 37.5 Å². The summed E-state index contributed by atoms with van der Waals surface area (Å²) in [7, 11) is 5.44. The van der Waals surface area contributed by atoms with Crippen LogP contribution in [0.25, 0.3) is 0 Å². The smallest absolute Gasteiger partial charge is 0.316 e. The fourth-order valence-corrected chi connectivity index (χ4v) is 5.20. The molecular weight excluding hydrogens is 502 g/mol. The molecule has 1 fully saturated rings. The van der Waals surface area contributed by atoms with Crippen LogP contribution in [0, 0.1) is 23.7 Å². The number of carbonyl (C=O) groups excluding carboxylic acids is 3. The fraction of sp³-hybridized carbons (Fsp3) is 0.900. The quantitative estimate of drug-likeness (QED) is 0.197. The monoisotopic (exact) mass is 557 g/mol. The molecule has 1 heterocycles. The van der Waals surface area contributed by atoms with Crippen molar-refractivity contribution in [2.45, 2.75) is 124 Å². The second kappa shape index (κ2) is 17.4. The molecule has 0 amide bonds. The number of methoxy groups -OCH3 is 1. The molecule has 0 aromatic carbocycles. The average Bonchev–Trinajstić information content (AvgIpc) is 2.91. The minimum atomic E-state index is -0.953. The lowest BCUT2D eigenvalue weighted by Gasteiger charge is -2.42. The number of ether oxygens (including phenoxy) is 4. The molecule has 1 aliphatic heterocycles. The number of rotatable bonds is 18. The van der Waals surface area contributed by atoms with Gasteiger partial charge in [-0.3, -0.25) is 14.4 Å². The third-order valence-electron chi connectivity index (χ3n) is 8.16. The van der Waals surface area contributed by atoms with E-state index in [1.165, 1.54) is 0 Å². The Morgan fingerprint density at radius 1 is 0.974 bits per heavy atom. The van der Waals surface area contributed by atoms with Gasteiger partial charge in [-0.25, -0.2) is 0 Å². The molecule has 0 aromatic rings. The molecule has 0 saturated carbocycles. The van der Waals surface area contributed by atoms with Gasteiger partial charge < -0.3 is 29.0 Å². The second-order valence-electron chi connectivity index (χ2n) is 11.6. The van der Waals surface area contributed by atoms with Gasteiger partial charge in [-0.05, 0) is 66.5 Å². The molecule has 1 aliphatic rings. The van der Waals surface area contributed by atoms with Crippen LogP contribution >= 0.6 is 0 Å². The van der Waals surface area contributed by atoms with Gasteiger partial charge in [0.15, 0.2) is 12.1 Å². The van der Waals surface area contributed by atoms with Crippen LogP contribution in [0.2, 0.25) is 0 Å². The molecular formula is C30H55NO8. The Morgan fingerprint density at radius 2 is 1.59 bits per heavy atom. The van der Waals surface area contributed by atoms with Gasteiger partial charge in [0.2, 0.25) is 0 Å². The van der Waals surface area contributed by atoms with Crippen molar-refractivity contribution < 1.29 is 38.4 Å². The highest BCUT2D eigenvalue weighted by Crippen LogP contribution is 2.28. The topological polar surface area (TPSA) is 112 Å². The van der Waals surface area contributed by atoms with Crippen LogP contribution in [0.3, 0.4) is 0 Å². The van der Waals surface area contributed by atoms with Crippen LogP contribution in [0.15, 0.2) is 0 Å². The fourth-order valence-electron chi connectivity index (χ4n) is 5.20. The van der Waals surface area contributed by atoms with Gasteiger partial charge >= 0.3 is 5.97 Å². The summed E-state index contributed by atoms with van der Waals surface area (Å²) in [6.45, 7) is 13.5. The lowest BCUT2D eigenvalue weighted by Crippen LogP contribution is -2.55. The van der Waals surface area contributed by atoms with Crippen molar-refractivity contribution in [3.8, 4) is 0 Å². The maximum absolute atomic E-state index is 13.3. The molecule has 1 rings (SSSR count). The summed E-state index contributed by atoms with van der Waals surface area (Å²) in [4.78, 5) is 40.8. The minimum absolute atomic E-state index is 0.0764. The number of Topliss-reactive ketones (excluding diaryl/α,β-unsaturated/α-hetero) is 2.